The van der Waals surface area contributed by atoms with Crippen molar-refractivity contribution in [1.82, 2.24) is 5.32 Å². The third-order valence-electron chi connectivity index (χ3n) is 3.45. The van der Waals surface area contributed by atoms with E-state index in [2.05, 4.69) is 33.0 Å². The molecule has 0 amide bonds. The maximum Gasteiger partial charge on any atom is 0.0692 e. The van der Waals surface area contributed by atoms with Gasteiger partial charge in [-0.1, -0.05) is 19.8 Å². The second-order valence-corrected chi connectivity index (χ2v) is 6.22. The molecule has 0 spiro atoms. The van der Waals surface area contributed by atoms with Gasteiger partial charge in [0.05, 0.1) is 6.10 Å². The molecule has 2 nitrogen and oxygen atoms in total. The van der Waals surface area contributed by atoms with Crippen LogP contribution in [0.4, 0.5) is 0 Å². The van der Waals surface area contributed by atoms with Gasteiger partial charge in [0.15, 0.2) is 0 Å². The van der Waals surface area contributed by atoms with Crippen LogP contribution in [0.25, 0.3) is 0 Å². The highest BCUT2D eigenvalue weighted by Gasteiger charge is 2.25. The van der Waals surface area contributed by atoms with Crippen LogP contribution in [0.15, 0.2) is 0 Å². The Bertz CT molecular complexity index is 177. The summed E-state index contributed by atoms with van der Waals surface area (Å²) in [6.07, 6.45) is 4.83. The van der Waals surface area contributed by atoms with Crippen LogP contribution in [0.3, 0.4) is 0 Å². The van der Waals surface area contributed by atoms with Crippen molar-refractivity contribution < 1.29 is 5.11 Å². The summed E-state index contributed by atoms with van der Waals surface area (Å²) in [7, 11) is 0. The molecule has 1 aliphatic carbocycles. The van der Waals surface area contributed by atoms with Gasteiger partial charge in [0.1, 0.15) is 0 Å². The molecule has 0 radical (unpaired) electrons. The molecular formula is C13H27NO. The van der Waals surface area contributed by atoms with E-state index in [0.717, 1.165) is 12.5 Å². The predicted octanol–water partition coefficient (Wildman–Crippen LogP) is 2.56. The fourth-order valence-corrected chi connectivity index (χ4v) is 2.25. The number of aliphatic hydroxyl groups is 1. The molecule has 0 aromatic rings. The topological polar surface area (TPSA) is 32.3 Å². The Balaban J connectivity index is 2.25. The van der Waals surface area contributed by atoms with Gasteiger partial charge in [0, 0.05) is 12.1 Å². The van der Waals surface area contributed by atoms with Crippen LogP contribution in [0, 0.1) is 11.8 Å². The van der Waals surface area contributed by atoms with Gasteiger partial charge < -0.3 is 10.4 Å². The summed E-state index contributed by atoms with van der Waals surface area (Å²) in [5.74, 6) is 1.39. The first-order chi connectivity index (χ1) is 6.88. The highest BCUT2D eigenvalue weighted by Crippen LogP contribution is 2.30. The molecule has 1 unspecified atom stereocenters. The molecule has 1 fully saturated rings. The van der Waals surface area contributed by atoms with E-state index in [4.69, 9.17) is 0 Å². The Morgan fingerprint density at radius 2 is 1.73 bits per heavy atom. The number of hydrogen-bond donors (Lipinski definition) is 2. The second kappa shape index (κ2) is 5.31. The summed E-state index contributed by atoms with van der Waals surface area (Å²) >= 11 is 0. The van der Waals surface area contributed by atoms with Gasteiger partial charge in [0.2, 0.25) is 0 Å². The molecule has 2 N–H and O–H groups in total. The number of aliphatic hydroxyl groups excluding tert-OH is 1. The third kappa shape index (κ3) is 4.98. The Hall–Kier alpha value is -0.0800. The Kier molecular flexibility index (Phi) is 4.60. The average molecular weight is 213 g/mol. The van der Waals surface area contributed by atoms with Crippen LogP contribution >= 0.6 is 0 Å². The van der Waals surface area contributed by atoms with E-state index in [1.165, 1.54) is 25.7 Å². The minimum atomic E-state index is -0.156. The van der Waals surface area contributed by atoms with E-state index < -0.39 is 0 Å². The van der Waals surface area contributed by atoms with Crippen LogP contribution in [0.1, 0.15) is 53.4 Å². The van der Waals surface area contributed by atoms with Crippen LogP contribution in [0.5, 0.6) is 0 Å². The first kappa shape index (κ1) is 13.0. The van der Waals surface area contributed by atoms with Crippen molar-refractivity contribution in [2.75, 3.05) is 6.54 Å². The summed E-state index contributed by atoms with van der Waals surface area (Å²) in [5, 5.41) is 13.4. The molecule has 0 saturated heterocycles. The van der Waals surface area contributed by atoms with Crippen LogP contribution in [0.2, 0.25) is 0 Å². The molecule has 15 heavy (non-hydrogen) atoms. The average Bonchev–Trinajstić information content (AvgIpc) is 2.14. The lowest BCUT2D eigenvalue weighted by molar-refractivity contribution is 0.0699. The van der Waals surface area contributed by atoms with Gasteiger partial charge in [-0.15, -0.1) is 0 Å². The molecule has 1 atom stereocenters. The SMILES string of the molecule is CC1CCC(C(O)CNC(C)(C)C)CC1. The van der Waals surface area contributed by atoms with Crippen molar-refractivity contribution in [3.8, 4) is 0 Å². The maximum atomic E-state index is 10.1. The second-order valence-electron chi connectivity index (χ2n) is 6.22. The molecular weight excluding hydrogens is 186 g/mol. The van der Waals surface area contributed by atoms with Crippen LogP contribution < -0.4 is 5.32 Å². The lowest BCUT2D eigenvalue weighted by Gasteiger charge is -2.32. The van der Waals surface area contributed by atoms with Crippen molar-refractivity contribution >= 4 is 0 Å². The van der Waals surface area contributed by atoms with Gasteiger partial charge in [-0.25, -0.2) is 0 Å². The maximum absolute atomic E-state index is 10.1. The number of rotatable bonds is 3. The van der Waals surface area contributed by atoms with E-state index in [9.17, 15) is 5.11 Å². The molecule has 1 rings (SSSR count). The summed E-state index contributed by atoms with van der Waals surface area (Å²) < 4.78 is 0. The summed E-state index contributed by atoms with van der Waals surface area (Å²) in [6, 6.07) is 0. The highest BCUT2D eigenvalue weighted by atomic mass is 16.3. The van der Waals surface area contributed by atoms with Crippen molar-refractivity contribution in [2.45, 2.75) is 65.0 Å². The fraction of sp³-hybridized carbons (Fsp3) is 1.00. The zero-order chi connectivity index (χ0) is 11.5. The molecule has 90 valence electrons. The van der Waals surface area contributed by atoms with E-state index in [1.807, 2.05) is 0 Å². The first-order valence-corrected chi connectivity index (χ1v) is 6.31. The molecule has 2 heteroatoms. The molecule has 0 aromatic heterocycles. The van der Waals surface area contributed by atoms with E-state index in [1.54, 1.807) is 0 Å². The van der Waals surface area contributed by atoms with Crippen LogP contribution in [-0.2, 0) is 0 Å². The largest absolute Gasteiger partial charge is 0.392 e. The number of nitrogens with one attached hydrogen (secondary N) is 1. The molecule has 0 aliphatic heterocycles. The third-order valence-corrected chi connectivity index (χ3v) is 3.45. The summed E-state index contributed by atoms with van der Waals surface area (Å²) in [5.41, 5.74) is 0.114. The smallest absolute Gasteiger partial charge is 0.0692 e. The first-order valence-electron chi connectivity index (χ1n) is 6.31. The number of hydrogen-bond acceptors (Lipinski definition) is 2. The summed E-state index contributed by atoms with van der Waals surface area (Å²) in [6.45, 7) is 9.48. The van der Waals surface area contributed by atoms with E-state index >= 15 is 0 Å². The molecule has 0 heterocycles. The Morgan fingerprint density at radius 1 is 1.20 bits per heavy atom. The Labute approximate surface area is 94.5 Å². The standard InChI is InChI=1S/C13H27NO/c1-10-5-7-11(8-6-10)12(15)9-14-13(2,3)4/h10-12,14-15H,5-9H2,1-4H3. The molecule has 0 aromatic carbocycles. The lowest BCUT2D eigenvalue weighted by atomic mass is 9.80. The van der Waals surface area contributed by atoms with Gasteiger partial charge >= 0.3 is 0 Å². The van der Waals surface area contributed by atoms with E-state index in [0.29, 0.717) is 5.92 Å². The van der Waals surface area contributed by atoms with Crippen molar-refractivity contribution in [2.24, 2.45) is 11.8 Å². The molecule has 1 aliphatic rings. The van der Waals surface area contributed by atoms with E-state index in [-0.39, 0.29) is 11.6 Å². The Morgan fingerprint density at radius 3 is 2.20 bits per heavy atom. The van der Waals surface area contributed by atoms with Crippen LogP contribution in [-0.4, -0.2) is 23.3 Å². The zero-order valence-electron chi connectivity index (χ0n) is 10.7. The lowest BCUT2D eigenvalue weighted by Crippen LogP contribution is -2.43. The van der Waals surface area contributed by atoms with Gasteiger partial charge in [-0.2, -0.15) is 0 Å². The highest BCUT2D eigenvalue weighted by molar-refractivity contribution is 4.80. The quantitative estimate of drug-likeness (QED) is 0.755. The van der Waals surface area contributed by atoms with Gasteiger partial charge in [-0.05, 0) is 45.4 Å². The van der Waals surface area contributed by atoms with Crippen molar-refractivity contribution in [3.63, 3.8) is 0 Å². The fourth-order valence-electron chi connectivity index (χ4n) is 2.25. The molecule has 1 saturated carbocycles. The predicted molar refractivity (Wildman–Crippen MR) is 64.9 cm³/mol. The normalized spacial score (nSPS) is 30.2. The minimum Gasteiger partial charge on any atom is -0.392 e. The van der Waals surface area contributed by atoms with Crippen molar-refractivity contribution in [3.05, 3.63) is 0 Å². The van der Waals surface area contributed by atoms with Gasteiger partial charge in [0.25, 0.3) is 0 Å². The zero-order valence-corrected chi connectivity index (χ0v) is 10.7. The summed E-state index contributed by atoms with van der Waals surface area (Å²) in [4.78, 5) is 0. The van der Waals surface area contributed by atoms with Crippen molar-refractivity contribution in [1.29, 1.82) is 0 Å². The molecule has 0 bridgehead atoms. The number of β-amino-alcohol motifs (C(OH)–C–C–N with tert-alkyl or cyclic N) is 1. The minimum absolute atomic E-state index is 0.114. The van der Waals surface area contributed by atoms with Gasteiger partial charge in [-0.3, -0.25) is 0 Å². The monoisotopic (exact) mass is 213 g/mol.